The van der Waals surface area contributed by atoms with E-state index in [0.717, 1.165) is 24.0 Å². The van der Waals surface area contributed by atoms with E-state index in [2.05, 4.69) is 5.32 Å². The van der Waals surface area contributed by atoms with Crippen LogP contribution in [0, 0.1) is 5.92 Å². The van der Waals surface area contributed by atoms with Crippen molar-refractivity contribution in [3.63, 3.8) is 0 Å². The molecule has 2 aromatic rings. The second kappa shape index (κ2) is 11.1. The van der Waals surface area contributed by atoms with Crippen LogP contribution in [0.2, 0.25) is 0 Å². The Labute approximate surface area is 161 Å². The molecular formula is C22H29N2O3+. The van der Waals surface area contributed by atoms with Crippen molar-refractivity contribution in [3.05, 3.63) is 66.0 Å². The molecule has 0 saturated carbocycles. The van der Waals surface area contributed by atoms with Crippen LogP contribution in [-0.2, 0) is 33.9 Å². The predicted molar refractivity (Wildman–Crippen MR) is 104 cm³/mol. The molecule has 2 rings (SSSR count). The lowest BCUT2D eigenvalue weighted by Gasteiger charge is -2.09. The largest absolute Gasteiger partial charge is 0.461 e. The number of nitrogens with one attached hydrogen (secondary N) is 1. The SMILES string of the molecule is CCC(C)C(=O)NCCc1cc[n+](CCC(=O)OCc2ccccc2)cc1. The van der Waals surface area contributed by atoms with Gasteiger partial charge < -0.3 is 10.1 Å². The molecule has 0 saturated heterocycles. The lowest BCUT2D eigenvalue weighted by molar-refractivity contribution is -0.696. The van der Waals surface area contributed by atoms with Gasteiger partial charge in [-0.15, -0.1) is 0 Å². The minimum Gasteiger partial charge on any atom is -0.461 e. The number of hydrogen-bond donors (Lipinski definition) is 1. The second-order valence-electron chi connectivity index (χ2n) is 6.69. The predicted octanol–water partition coefficient (Wildman–Crippen LogP) is 2.81. The third-order valence-electron chi connectivity index (χ3n) is 4.55. The van der Waals surface area contributed by atoms with Crippen LogP contribution >= 0.6 is 0 Å². The van der Waals surface area contributed by atoms with Gasteiger partial charge in [-0.3, -0.25) is 9.59 Å². The summed E-state index contributed by atoms with van der Waals surface area (Å²) in [6, 6.07) is 13.7. The summed E-state index contributed by atoms with van der Waals surface area (Å²) < 4.78 is 7.25. The highest BCUT2D eigenvalue weighted by atomic mass is 16.5. The zero-order valence-corrected chi connectivity index (χ0v) is 16.2. The van der Waals surface area contributed by atoms with Gasteiger partial charge in [-0.2, -0.15) is 0 Å². The number of nitrogens with zero attached hydrogens (tertiary/aromatic N) is 1. The van der Waals surface area contributed by atoms with Crippen molar-refractivity contribution >= 4 is 11.9 Å². The molecule has 0 fully saturated rings. The zero-order valence-electron chi connectivity index (χ0n) is 16.2. The van der Waals surface area contributed by atoms with Crippen molar-refractivity contribution in [2.45, 2.75) is 46.3 Å². The van der Waals surface area contributed by atoms with Gasteiger partial charge in [0.2, 0.25) is 5.91 Å². The first kappa shape index (κ1) is 20.6. The van der Waals surface area contributed by atoms with Crippen molar-refractivity contribution in [1.29, 1.82) is 0 Å². The van der Waals surface area contributed by atoms with E-state index in [4.69, 9.17) is 4.74 Å². The fourth-order valence-electron chi connectivity index (χ4n) is 2.52. The molecule has 27 heavy (non-hydrogen) atoms. The molecule has 1 amide bonds. The van der Waals surface area contributed by atoms with Crippen LogP contribution in [0.25, 0.3) is 0 Å². The molecule has 1 N–H and O–H groups in total. The third kappa shape index (κ3) is 7.60. The summed E-state index contributed by atoms with van der Waals surface area (Å²) in [6.45, 7) is 5.48. The van der Waals surface area contributed by atoms with Gasteiger partial charge in [0.15, 0.2) is 18.9 Å². The Morgan fingerprint density at radius 1 is 1.07 bits per heavy atom. The summed E-state index contributed by atoms with van der Waals surface area (Å²) in [7, 11) is 0. The maximum absolute atomic E-state index is 11.9. The van der Waals surface area contributed by atoms with E-state index in [1.54, 1.807) is 0 Å². The van der Waals surface area contributed by atoms with Gasteiger partial charge in [-0.05, 0) is 24.0 Å². The average Bonchev–Trinajstić information content (AvgIpc) is 2.71. The molecule has 1 aromatic carbocycles. The number of pyridine rings is 1. The highest BCUT2D eigenvalue weighted by molar-refractivity contribution is 5.78. The number of hydrogen-bond acceptors (Lipinski definition) is 3. The number of carbonyl (C=O) groups excluding carboxylic acids is 2. The molecule has 0 bridgehead atoms. The van der Waals surface area contributed by atoms with Crippen molar-refractivity contribution in [1.82, 2.24) is 5.32 Å². The van der Waals surface area contributed by atoms with Gasteiger partial charge in [0.25, 0.3) is 0 Å². The fourth-order valence-corrected chi connectivity index (χ4v) is 2.52. The van der Waals surface area contributed by atoms with Gasteiger partial charge in [0, 0.05) is 24.6 Å². The van der Waals surface area contributed by atoms with Crippen LogP contribution in [-0.4, -0.2) is 18.4 Å². The minimum atomic E-state index is -0.205. The van der Waals surface area contributed by atoms with Crippen molar-refractivity contribution in [2.24, 2.45) is 5.92 Å². The van der Waals surface area contributed by atoms with Crippen LogP contribution in [0.1, 0.15) is 37.8 Å². The van der Waals surface area contributed by atoms with Crippen LogP contribution in [0.15, 0.2) is 54.9 Å². The average molecular weight is 369 g/mol. The lowest BCUT2D eigenvalue weighted by Crippen LogP contribution is -2.34. The first-order chi connectivity index (χ1) is 13.1. The Balaban J connectivity index is 1.67. The molecule has 0 aliphatic heterocycles. The number of amides is 1. The van der Waals surface area contributed by atoms with Gasteiger partial charge in [0.05, 0.1) is 0 Å². The fraction of sp³-hybridized carbons (Fsp3) is 0.409. The number of ether oxygens (including phenoxy) is 1. The molecule has 0 radical (unpaired) electrons. The number of esters is 1. The molecule has 1 unspecified atom stereocenters. The first-order valence-electron chi connectivity index (χ1n) is 9.53. The molecule has 144 valence electrons. The lowest BCUT2D eigenvalue weighted by atomic mass is 10.1. The minimum absolute atomic E-state index is 0.0598. The third-order valence-corrected chi connectivity index (χ3v) is 4.55. The topological polar surface area (TPSA) is 59.3 Å². The zero-order chi connectivity index (χ0) is 19.5. The highest BCUT2D eigenvalue weighted by Crippen LogP contribution is 2.03. The summed E-state index contributed by atoms with van der Waals surface area (Å²) >= 11 is 0. The maximum Gasteiger partial charge on any atom is 0.312 e. The number of aromatic nitrogens is 1. The summed E-state index contributed by atoms with van der Waals surface area (Å²) in [5, 5.41) is 2.96. The van der Waals surface area contributed by atoms with Crippen LogP contribution in [0.3, 0.4) is 0 Å². The van der Waals surface area contributed by atoms with E-state index >= 15 is 0 Å². The second-order valence-corrected chi connectivity index (χ2v) is 6.69. The summed E-state index contributed by atoms with van der Waals surface area (Å²) in [6.07, 6.45) is 5.89. The molecule has 5 nitrogen and oxygen atoms in total. The Bertz CT molecular complexity index is 714. The molecule has 0 aliphatic rings. The molecular weight excluding hydrogens is 340 g/mol. The standard InChI is InChI=1S/C22H28N2O3/c1-3-18(2)22(26)23-13-9-19-10-14-24(15-11-19)16-12-21(25)27-17-20-7-5-4-6-8-20/h4-8,10-11,14-15,18H,3,9,12-13,16-17H2,1-2H3/p+1. The van der Waals surface area contributed by atoms with Crippen molar-refractivity contribution in [2.75, 3.05) is 6.54 Å². The summed E-state index contributed by atoms with van der Waals surface area (Å²) in [5.41, 5.74) is 2.14. The van der Waals surface area contributed by atoms with E-state index < -0.39 is 0 Å². The Kier molecular flexibility index (Phi) is 8.49. The number of benzene rings is 1. The molecule has 1 atom stereocenters. The highest BCUT2D eigenvalue weighted by Gasteiger charge is 2.10. The first-order valence-corrected chi connectivity index (χ1v) is 9.53. The monoisotopic (exact) mass is 369 g/mol. The summed E-state index contributed by atoms with van der Waals surface area (Å²) in [5.74, 6) is -0.0368. The van der Waals surface area contributed by atoms with E-state index in [1.165, 1.54) is 0 Å². The Morgan fingerprint density at radius 2 is 1.78 bits per heavy atom. The molecule has 0 aliphatic carbocycles. The number of aryl methyl sites for hydroxylation is 1. The van der Waals surface area contributed by atoms with Crippen LogP contribution in [0.5, 0.6) is 0 Å². The Morgan fingerprint density at radius 3 is 2.44 bits per heavy atom. The smallest absolute Gasteiger partial charge is 0.312 e. The van der Waals surface area contributed by atoms with Gasteiger partial charge in [0.1, 0.15) is 13.0 Å². The maximum atomic E-state index is 11.9. The number of rotatable bonds is 10. The summed E-state index contributed by atoms with van der Waals surface area (Å²) in [4.78, 5) is 23.6. The van der Waals surface area contributed by atoms with Gasteiger partial charge in [-0.25, -0.2) is 4.57 Å². The van der Waals surface area contributed by atoms with E-state index in [-0.39, 0.29) is 17.8 Å². The van der Waals surface area contributed by atoms with E-state index in [1.807, 2.05) is 73.3 Å². The number of carbonyl (C=O) groups is 2. The molecule has 0 spiro atoms. The van der Waals surface area contributed by atoms with Crippen molar-refractivity contribution in [3.8, 4) is 0 Å². The van der Waals surface area contributed by atoms with Crippen LogP contribution < -0.4 is 9.88 Å². The van der Waals surface area contributed by atoms with Gasteiger partial charge >= 0.3 is 5.97 Å². The quantitative estimate of drug-likeness (QED) is 0.517. The molecule has 1 heterocycles. The molecule has 1 aromatic heterocycles. The Hall–Kier alpha value is -2.69. The van der Waals surface area contributed by atoms with Gasteiger partial charge in [-0.1, -0.05) is 44.2 Å². The van der Waals surface area contributed by atoms with E-state index in [9.17, 15) is 9.59 Å². The normalized spacial score (nSPS) is 11.6. The van der Waals surface area contributed by atoms with Crippen molar-refractivity contribution < 1.29 is 18.9 Å². The molecule has 5 heteroatoms. The van der Waals surface area contributed by atoms with Crippen LogP contribution in [0.4, 0.5) is 0 Å². The van der Waals surface area contributed by atoms with E-state index in [0.29, 0.717) is 26.1 Å².